The molecule has 1 aromatic heterocycles. The molecule has 1 aromatic carbocycles. The molecule has 1 fully saturated rings. The summed E-state index contributed by atoms with van der Waals surface area (Å²) in [4.78, 5) is 4.63. The highest BCUT2D eigenvalue weighted by molar-refractivity contribution is 5.35. The van der Waals surface area contributed by atoms with Crippen LogP contribution >= 0.6 is 0 Å². The van der Waals surface area contributed by atoms with Crippen molar-refractivity contribution in [2.75, 3.05) is 0 Å². The Kier molecular flexibility index (Phi) is 3.81. The Bertz CT molecular complexity index is 587. The lowest BCUT2D eigenvalue weighted by Gasteiger charge is -2.39. The SMILES string of the molecule is CC(C)C[C@@H](N)c1nc(C2(c3ccccc3)CCC2)no1. The van der Waals surface area contributed by atoms with Crippen molar-refractivity contribution in [3.05, 3.63) is 47.6 Å². The molecule has 4 heteroatoms. The average Bonchev–Trinajstić information content (AvgIpc) is 2.88. The first kappa shape index (κ1) is 14.3. The molecular weight excluding hydrogens is 262 g/mol. The van der Waals surface area contributed by atoms with Gasteiger partial charge in [0.1, 0.15) is 0 Å². The van der Waals surface area contributed by atoms with Crippen molar-refractivity contribution in [3.63, 3.8) is 0 Å². The molecule has 0 spiro atoms. The van der Waals surface area contributed by atoms with E-state index < -0.39 is 0 Å². The normalized spacial score (nSPS) is 18.5. The Morgan fingerprint density at radius 2 is 1.95 bits per heavy atom. The number of aromatic nitrogens is 2. The van der Waals surface area contributed by atoms with Crippen LogP contribution in [-0.2, 0) is 5.41 Å². The van der Waals surface area contributed by atoms with Crippen LogP contribution in [0.15, 0.2) is 34.9 Å². The first-order valence-electron chi connectivity index (χ1n) is 7.77. The van der Waals surface area contributed by atoms with Crippen molar-refractivity contribution < 1.29 is 4.52 Å². The van der Waals surface area contributed by atoms with Crippen molar-refractivity contribution in [2.45, 2.75) is 51.0 Å². The maximum Gasteiger partial charge on any atom is 0.243 e. The predicted molar refractivity (Wildman–Crippen MR) is 81.8 cm³/mol. The topological polar surface area (TPSA) is 64.9 Å². The molecule has 0 radical (unpaired) electrons. The highest BCUT2D eigenvalue weighted by Gasteiger charge is 2.44. The van der Waals surface area contributed by atoms with Crippen LogP contribution in [-0.4, -0.2) is 10.1 Å². The fourth-order valence-electron chi connectivity index (χ4n) is 3.12. The molecule has 112 valence electrons. The summed E-state index contributed by atoms with van der Waals surface area (Å²) in [6.45, 7) is 4.29. The van der Waals surface area contributed by atoms with Gasteiger partial charge in [-0.25, -0.2) is 0 Å². The molecule has 0 saturated heterocycles. The van der Waals surface area contributed by atoms with E-state index in [1.54, 1.807) is 0 Å². The second-order valence-electron chi connectivity index (χ2n) is 6.49. The van der Waals surface area contributed by atoms with Crippen LogP contribution in [0.1, 0.15) is 62.9 Å². The van der Waals surface area contributed by atoms with E-state index in [1.165, 1.54) is 12.0 Å². The van der Waals surface area contributed by atoms with Gasteiger partial charge in [-0.15, -0.1) is 0 Å². The molecule has 0 unspecified atom stereocenters. The van der Waals surface area contributed by atoms with E-state index in [9.17, 15) is 0 Å². The molecule has 4 nitrogen and oxygen atoms in total. The Morgan fingerprint density at radius 1 is 1.24 bits per heavy atom. The number of rotatable bonds is 5. The Balaban J connectivity index is 1.88. The number of benzene rings is 1. The molecule has 1 aliphatic carbocycles. The van der Waals surface area contributed by atoms with Crippen LogP contribution in [0.2, 0.25) is 0 Å². The molecule has 1 atom stereocenters. The first-order valence-corrected chi connectivity index (χ1v) is 7.77. The smallest absolute Gasteiger partial charge is 0.243 e. The van der Waals surface area contributed by atoms with Gasteiger partial charge in [-0.2, -0.15) is 4.98 Å². The third kappa shape index (κ3) is 2.60. The molecule has 2 aromatic rings. The molecule has 0 bridgehead atoms. The number of nitrogens with zero attached hydrogens (tertiary/aromatic N) is 2. The van der Waals surface area contributed by atoms with Crippen LogP contribution in [0.4, 0.5) is 0 Å². The molecule has 0 aliphatic heterocycles. The Morgan fingerprint density at radius 3 is 2.52 bits per heavy atom. The van der Waals surface area contributed by atoms with Gasteiger partial charge >= 0.3 is 0 Å². The minimum absolute atomic E-state index is 0.0689. The summed E-state index contributed by atoms with van der Waals surface area (Å²) < 4.78 is 5.44. The lowest BCUT2D eigenvalue weighted by Crippen LogP contribution is -2.36. The molecule has 3 rings (SSSR count). The molecule has 1 saturated carbocycles. The number of hydrogen-bond acceptors (Lipinski definition) is 4. The second kappa shape index (κ2) is 5.60. The first-order chi connectivity index (χ1) is 10.1. The minimum Gasteiger partial charge on any atom is -0.338 e. The van der Waals surface area contributed by atoms with Crippen LogP contribution in [0, 0.1) is 5.92 Å². The molecule has 2 N–H and O–H groups in total. The fourth-order valence-corrected chi connectivity index (χ4v) is 3.12. The van der Waals surface area contributed by atoms with Gasteiger partial charge in [0, 0.05) is 0 Å². The van der Waals surface area contributed by atoms with Gasteiger partial charge in [0.15, 0.2) is 5.82 Å². The summed E-state index contributed by atoms with van der Waals surface area (Å²) in [5.74, 6) is 1.89. The Hall–Kier alpha value is -1.68. The quantitative estimate of drug-likeness (QED) is 0.911. The average molecular weight is 285 g/mol. The molecule has 1 aliphatic rings. The minimum atomic E-state index is -0.167. The van der Waals surface area contributed by atoms with Crippen molar-refractivity contribution in [2.24, 2.45) is 11.7 Å². The number of nitrogens with two attached hydrogens (primary N) is 1. The highest BCUT2D eigenvalue weighted by atomic mass is 16.5. The lowest BCUT2D eigenvalue weighted by molar-refractivity contribution is 0.268. The van der Waals surface area contributed by atoms with Gasteiger partial charge in [-0.3, -0.25) is 0 Å². The number of hydrogen-bond donors (Lipinski definition) is 1. The van der Waals surface area contributed by atoms with Gasteiger partial charge in [0.05, 0.1) is 11.5 Å². The van der Waals surface area contributed by atoms with E-state index >= 15 is 0 Å². The largest absolute Gasteiger partial charge is 0.338 e. The molecule has 0 amide bonds. The maximum absolute atomic E-state index is 6.15. The lowest BCUT2D eigenvalue weighted by atomic mass is 9.64. The molecule has 21 heavy (non-hydrogen) atoms. The molecule has 1 heterocycles. The summed E-state index contributed by atoms with van der Waals surface area (Å²) in [6.07, 6.45) is 4.22. The van der Waals surface area contributed by atoms with Crippen LogP contribution in [0.3, 0.4) is 0 Å². The zero-order chi connectivity index (χ0) is 14.9. The van der Waals surface area contributed by atoms with Crippen molar-refractivity contribution >= 4 is 0 Å². The standard InChI is InChI=1S/C17H23N3O/c1-12(2)11-14(18)15-19-16(20-21-15)17(9-6-10-17)13-7-4-3-5-8-13/h3-5,7-8,12,14H,6,9-11,18H2,1-2H3/t14-/m1/s1. The van der Waals surface area contributed by atoms with Gasteiger partial charge in [-0.1, -0.05) is 55.8 Å². The van der Waals surface area contributed by atoms with Crippen molar-refractivity contribution in [1.82, 2.24) is 10.1 Å². The van der Waals surface area contributed by atoms with E-state index in [0.29, 0.717) is 11.8 Å². The van der Waals surface area contributed by atoms with Gasteiger partial charge < -0.3 is 10.3 Å². The summed E-state index contributed by atoms with van der Waals surface area (Å²) in [6, 6.07) is 10.3. The predicted octanol–water partition coefficient (Wildman–Crippen LogP) is 3.59. The third-order valence-corrected chi connectivity index (χ3v) is 4.45. The third-order valence-electron chi connectivity index (χ3n) is 4.45. The fraction of sp³-hybridized carbons (Fsp3) is 0.529. The van der Waals surface area contributed by atoms with E-state index in [-0.39, 0.29) is 11.5 Å². The zero-order valence-electron chi connectivity index (χ0n) is 12.7. The maximum atomic E-state index is 6.15. The van der Waals surface area contributed by atoms with Crippen LogP contribution in [0.25, 0.3) is 0 Å². The van der Waals surface area contributed by atoms with Gasteiger partial charge in [-0.05, 0) is 30.7 Å². The van der Waals surface area contributed by atoms with E-state index in [2.05, 4.69) is 48.3 Å². The van der Waals surface area contributed by atoms with E-state index in [4.69, 9.17) is 10.3 Å². The summed E-state index contributed by atoms with van der Waals surface area (Å²) in [5.41, 5.74) is 7.36. The monoisotopic (exact) mass is 285 g/mol. The van der Waals surface area contributed by atoms with Gasteiger partial charge in [0.2, 0.25) is 5.89 Å². The van der Waals surface area contributed by atoms with Crippen molar-refractivity contribution in [3.8, 4) is 0 Å². The second-order valence-corrected chi connectivity index (χ2v) is 6.49. The summed E-state index contributed by atoms with van der Waals surface area (Å²) >= 11 is 0. The highest BCUT2D eigenvalue weighted by Crippen LogP contribution is 2.47. The van der Waals surface area contributed by atoms with Gasteiger partial charge in [0.25, 0.3) is 0 Å². The molecular formula is C17H23N3O. The zero-order valence-corrected chi connectivity index (χ0v) is 12.7. The Labute approximate surface area is 125 Å². The summed E-state index contributed by atoms with van der Waals surface area (Å²) in [5, 5.41) is 4.25. The van der Waals surface area contributed by atoms with E-state index in [1.807, 2.05) is 6.07 Å². The van der Waals surface area contributed by atoms with Crippen LogP contribution in [0.5, 0.6) is 0 Å². The van der Waals surface area contributed by atoms with E-state index in [0.717, 1.165) is 25.1 Å². The van der Waals surface area contributed by atoms with Crippen LogP contribution < -0.4 is 5.73 Å². The van der Waals surface area contributed by atoms with Crippen molar-refractivity contribution in [1.29, 1.82) is 0 Å². The summed E-state index contributed by atoms with van der Waals surface area (Å²) in [7, 11) is 0.